The van der Waals surface area contributed by atoms with Crippen molar-refractivity contribution in [1.29, 1.82) is 0 Å². The van der Waals surface area contributed by atoms with Gasteiger partial charge in [0.25, 0.3) is 0 Å². The van der Waals surface area contributed by atoms with Gasteiger partial charge in [-0.3, -0.25) is 9.69 Å². The molecule has 2 saturated heterocycles. The van der Waals surface area contributed by atoms with Crippen molar-refractivity contribution >= 4 is 53.2 Å². The van der Waals surface area contributed by atoms with Gasteiger partial charge in [-0.25, -0.2) is 13.4 Å². The lowest BCUT2D eigenvalue weighted by Crippen LogP contribution is -2.36. The third-order valence-corrected chi connectivity index (χ3v) is 7.76. The topological polar surface area (TPSA) is 67.3 Å². The summed E-state index contributed by atoms with van der Waals surface area (Å²) in [5.41, 5.74) is 0.880. The summed E-state index contributed by atoms with van der Waals surface area (Å²) >= 11 is 1.46. The molecule has 3 heterocycles. The first-order valence-corrected chi connectivity index (χ1v) is 10.5. The first-order valence-electron chi connectivity index (χ1n) is 7.83. The highest BCUT2D eigenvalue weighted by Crippen LogP contribution is 2.41. The number of fused-ring (bicyclic) bond motifs is 4. The third-order valence-electron chi connectivity index (χ3n) is 4.95. The van der Waals surface area contributed by atoms with Crippen LogP contribution in [0.25, 0.3) is 21.0 Å². The van der Waals surface area contributed by atoms with Crippen LogP contribution in [0.4, 0.5) is 5.13 Å². The third kappa shape index (κ3) is 2.01. The van der Waals surface area contributed by atoms with Gasteiger partial charge >= 0.3 is 0 Å². The molecule has 1 aromatic heterocycles. The van der Waals surface area contributed by atoms with Crippen LogP contribution >= 0.6 is 11.3 Å². The van der Waals surface area contributed by atoms with Crippen LogP contribution in [0.15, 0.2) is 36.4 Å². The van der Waals surface area contributed by atoms with Crippen LogP contribution in [-0.4, -0.2) is 36.9 Å². The minimum absolute atomic E-state index is 0.0109. The molecule has 1 amide bonds. The number of sulfone groups is 1. The fraction of sp³-hybridized carbons (Fsp3) is 0.294. The standard InChI is InChI=1S/C17H14N2O3S2/c20-15-7-11-8-24(21,22)9-13(11)19(15)17-18-16-12-4-2-1-3-10(12)5-6-14(16)23-17/h1-6,11,13H,7-9H2/t11-,13-/m1/s1. The van der Waals surface area contributed by atoms with E-state index in [9.17, 15) is 13.2 Å². The maximum absolute atomic E-state index is 12.4. The highest BCUT2D eigenvalue weighted by molar-refractivity contribution is 7.91. The number of hydrogen-bond acceptors (Lipinski definition) is 5. The van der Waals surface area contributed by atoms with Gasteiger partial charge in [0.2, 0.25) is 5.91 Å². The quantitative estimate of drug-likeness (QED) is 0.671. The Hall–Kier alpha value is -1.99. The molecule has 24 heavy (non-hydrogen) atoms. The number of rotatable bonds is 1. The van der Waals surface area contributed by atoms with E-state index in [0.29, 0.717) is 11.6 Å². The van der Waals surface area contributed by atoms with Crippen molar-refractivity contribution in [3.63, 3.8) is 0 Å². The SMILES string of the molecule is O=C1C[C@@H]2CS(=O)(=O)C[C@H]2N1c1nc2c(ccc3ccccc32)s1. The molecular formula is C17H14N2O3S2. The molecule has 5 rings (SSSR count). The van der Waals surface area contributed by atoms with Crippen molar-refractivity contribution < 1.29 is 13.2 Å². The lowest BCUT2D eigenvalue weighted by atomic mass is 10.1. The van der Waals surface area contributed by atoms with Crippen LogP contribution in [-0.2, 0) is 14.6 Å². The summed E-state index contributed by atoms with van der Waals surface area (Å²) in [6.45, 7) is 0. The minimum Gasteiger partial charge on any atom is -0.284 e. The minimum atomic E-state index is -3.05. The van der Waals surface area contributed by atoms with Crippen LogP contribution in [0.1, 0.15) is 6.42 Å². The molecule has 5 nitrogen and oxygen atoms in total. The Morgan fingerprint density at radius 2 is 1.96 bits per heavy atom. The molecule has 2 fully saturated rings. The van der Waals surface area contributed by atoms with Gasteiger partial charge in [0.15, 0.2) is 15.0 Å². The zero-order chi connectivity index (χ0) is 16.5. The zero-order valence-corrected chi connectivity index (χ0v) is 14.3. The number of carbonyl (C=O) groups is 1. The lowest BCUT2D eigenvalue weighted by Gasteiger charge is -2.19. The molecule has 2 atom stereocenters. The summed E-state index contributed by atoms with van der Waals surface area (Å²) in [4.78, 5) is 18.8. The van der Waals surface area contributed by atoms with Crippen LogP contribution in [0.5, 0.6) is 0 Å². The summed E-state index contributed by atoms with van der Waals surface area (Å²) in [5, 5.41) is 2.78. The summed E-state index contributed by atoms with van der Waals surface area (Å²) in [5.74, 6) is 0.0721. The highest BCUT2D eigenvalue weighted by Gasteiger charge is 2.50. The van der Waals surface area contributed by atoms with Gasteiger partial charge in [0, 0.05) is 17.7 Å². The molecule has 0 saturated carbocycles. The molecule has 2 aliphatic heterocycles. The van der Waals surface area contributed by atoms with E-state index in [1.54, 1.807) is 4.90 Å². The first-order chi connectivity index (χ1) is 11.5. The number of hydrogen-bond donors (Lipinski definition) is 0. The van der Waals surface area contributed by atoms with Crippen molar-refractivity contribution in [3.8, 4) is 0 Å². The van der Waals surface area contributed by atoms with Crippen molar-refractivity contribution in [2.24, 2.45) is 5.92 Å². The fourth-order valence-corrected chi connectivity index (χ4v) is 7.02. The van der Waals surface area contributed by atoms with Gasteiger partial charge in [0.1, 0.15) is 0 Å². The fourth-order valence-electron chi connectivity index (χ4n) is 3.89. The second kappa shape index (κ2) is 4.77. The summed E-state index contributed by atoms with van der Waals surface area (Å²) in [6.07, 6.45) is 0.306. The number of benzene rings is 2. The second-order valence-corrected chi connectivity index (χ2v) is 9.66. The molecule has 0 spiro atoms. The van der Waals surface area contributed by atoms with Crippen molar-refractivity contribution in [2.75, 3.05) is 16.4 Å². The van der Waals surface area contributed by atoms with E-state index >= 15 is 0 Å². The molecule has 7 heteroatoms. The van der Waals surface area contributed by atoms with Crippen LogP contribution in [0.3, 0.4) is 0 Å². The summed E-state index contributed by atoms with van der Waals surface area (Å²) in [7, 11) is -3.05. The van der Waals surface area contributed by atoms with E-state index in [1.807, 2.05) is 36.4 Å². The Morgan fingerprint density at radius 1 is 1.12 bits per heavy atom. The zero-order valence-electron chi connectivity index (χ0n) is 12.7. The van der Waals surface area contributed by atoms with E-state index in [2.05, 4.69) is 0 Å². The molecular weight excluding hydrogens is 344 g/mol. The molecule has 0 aliphatic carbocycles. The lowest BCUT2D eigenvalue weighted by molar-refractivity contribution is -0.117. The smallest absolute Gasteiger partial charge is 0.229 e. The van der Waals surface area contributed by atoms with E-state index < -0.39 is 9.84 Å². The van der Waals surface area contributed by atoms with Gasteiger partial charge in [-0.2, -0.15) is 0 Å². The maximum Gasteiger partial charge on any atom is 0.229 e. The van der Waals surface area contributed by atoms with Crippen LogP contribution in [0.2, 0.25) is 0 Å². The molecule has 0 bridgehead atoms. The number of thiazole rings is 1. The summed E-state index contributed by atoms with van der Waals surface area (Å²) in [6, 6.07) is 11.8. The van der Waals surface area contributed by atoms with Crippen LogP contribution in [0, 0.1) is 5.92 Å². The monoisotopic (exact) mass is 358 g/mol. The number of carbonyl (C=O) groups excluding carboxylic acids is 1. The van der Waals surface area contributed by atoms with Gasteiger partial charge in [-0.1, -0.05) is 41.7 Å². The molecule has 2 aromatic carbocycles. The molecule has 3 aromatic rings. The van der Waals surface area contributed by atoms with Gasteiger partial charge < -0.3 is 0 Å². The van der Waals surface area contributed by atoms with Gasteiger partial charge in [0.05, 0.1) is 27.8 Å². The predicted molar refractivity (Wildman–Crippen MR) is 95.2 cm³/mol. The van der Waals surface area contributed by atoms with Crippen molar-refractivity contribution in [1.82, 2.24) is 4.98 Å². The number of anilines is 1. The van der Waals surface area contributed by atoms with Gasteiger partial charge in [-0.05, 0) is 11.5 Å². The highest BCUT2D eigenvalue weighted by atomic mass is 32.2. The van der Waals surface area contributed by atoms with E-state index in [4.69, 9.17) is 4.98 Å². The average molecular weight is 358 g/mol. The van der Waals surface area contributed by atoms with E-state index in [-0.39, 0.29) is 29.4 Å². The molecule has 0 unspecified atom stereocenters. The Balaban J connectivity index is 1.66. The number of amides is 1. The number of nitrogens with zero attached hydrogens (tertiary/aromatic N) is 2. The van der Waals surface area contributed by atoms with E-state index in [0.717, 1.165) is 21.0 Å². The molecule has 122 valence electrons. The molecule has 2 aliphatic rings. The largest absolute Gasteiger partial charge is 0.284 e. The molecule has 0 radical (unpaired) electrons. The summed E-state index contributed by atoms with van der Waals surface area (Å²) < 4.78 is 24.9. The van der Waals surface area contributed by atoms with Crippen molar-refractivity contribution in [2.45, 2.75) is 12.5 Å². The number of aromatic nitrogens is 1. The van der Waals surface area contributed by atoms with Crippen LogP contribution < -0.4 is 4.90 Å². The Kier molecular flexibility index (Phi) is 2.85. The maximum atomic E-state index is 12.4. The first kappa shape index (κ1) is 14.4. The average Bonchev–Trinajstić information content (AvgIpc) is 3.16. The van der Waals surface area contributed by atoms with Crippen molar-refractivity contribution in [3.05, 3.63) is 36.4 Å². The second-order valence-electron chi connectivity index (χ2n) is 6.50. The van der Waals surface area contributed by atoms with E-state index in [1.165, 1.54) is 11.3 Å². The predicted octanol–water partition coefficient (Wildman–Crippen LogP) is 2.60. The molecule has 0 N–H and O–H groups in total. The Bertz CT molecular complexity index is 1100. The van der Waals surface area contributed by atoms with Gasteiger partial charge in [-0.15, -0.1) is 0 Å². The normalized spacial score (nSPS) is 25.7. The Morgan fingerprint density at radius 3 is 2.83 bits per heavy atom. The Labute approximate surface area is 142 Å².